The van der Waals surface area contributed by atoms with Crippen molar-refractivity contribution in [3.63, 3.8) is 0 Å². The number of esters is 2. The molecule has 0 spiro atoms. The summed E-state index contributed by atoms with van der Waals surface area (Å²) in [6.45, 7) is 3.59. The highest BCUT2D eigenvalue weighted by molar-refractivity contribution is 6.37. The van der Waals surface area contributed by atoms with Gasteiger partial charge in [-0.3, -0.25) is 0 Å². The molecule has 7 nitrogen and oxygen atoms in total. The molecule has 0 saturated heterocycles. The highest BCUT2D eigenvalue weighted by Crippen LogP contribution is 2.39. The lowest BCUT2D eigenvalue weighted by molar-refractivity contribution is -0.140. The number of halogens is 2. The van der Waals surface area contributed by atoms with Crippen molar-refractivity contribution in [1.29, 1.82) is 0 Å². The van der Waals surface area contributed by atoms with Gasteiger partial charge >= 0.3 is 11.9 Å². The van der Waals surface area contributed by atoms with Gasteiger partial charge < -0.3 is 23.8 Å². The largest absolute Gasteiger partial charge is 0.489 e. The first kappa shape index (κ1) is 20.4. The molecular weight excluding hydrogens is 385 g/mol. The average molecular weight is 404 g/mol. The average Bonchev–Trinajstić information content (AvgIpc) is 2.61. The smallest absolute Gasteiger partial charge is 0.355 e. The van der Waals surface area contributed by atoms with E-state index in [1.165, 1.54) is 25.2 Å². The van der Waals surface area contributed by atoms with Crippen molar-refractivity contribution in [1.82, 2.24) is 0 Å². The number of anilines is 1. The van der Waals surface area contributed by atoms with Gasteiger partial charge in [-0.15, -0.1) is 0 Å². The molecule has 2 rings (SSSR count). The lowest BCUT2D eigenvalue weighted by atomic mass is 10.1. The van der Waals surface area contributed by atoms with Crippen molar-refractivity contribution >= 4 is 40.8 Å². The molecule has 0 atom stereocenters. The molecule has 0 bridgehead atoms. The van der Waals surface area contributed by atoms with E-state index in [0.29, 0.717) is 16.5 Å². The van der Waals surface area contributed by atoms with Gasteiger partial charge in [0.05, 0.1) is 48.2 Å². The number of benzene rings is 1. The Hall–Kier alpha value is -1.96. The standard InChI is InChI=1S/C17H19Cl2NO6/c1-9(2)26-14-6-13(11(18)5-12(14)19)20-8-25-7-10(16(21)23-3)15(20)17(22)24-4/h5-6,9H,7-8H2,1-4H3. The van der Waals surface area contributed by atoms with E-state index in [2.05, 4.69) is 0 Å². The number of carbonyl (C=O) groups excluding carboxylic acids is 2. The monoisotopic (exact) mass is 403 g/mol. The fraction of sp³-hybridized carbons (Fsp3) is 0.412. The fourth-order valence-electron chi connectivity index (χ4n) is 2.40. The van der Waals surface area contributed by atoms with Crippen LogP contribution in [0.5, 0.6) is 5.75 Å². The van der Waals surface area contributed by atoms with Gasteiger partial charge in [0, 0.05) is 6.07 Å². The first-order chi connectivity index (χ1) is 12.3. The second-order valence-electron chi connectivity index (χ2n) is 5.62. The van der Waals surface area contributed by atoms with E-state index in [-0.39, 0.29) is 35.7 Å². The van der Waals surface area contributed by atoms with E-state index in [9.17, 15) is 9.59 Å². The van der Waals surface area contributed by atoms with E-state index in [1.54, 1.807) is 6.07 Å². The van der Waals surface area contributed by atoms with Gasteiger partial charge in [-0.25, -0.2) is 9.59 Å². The minimum atomic E-state index is -0.717. The zero-order chi connectivity index (χ0) is 19.4. The maximum Gasteiger partial charge on any atom is 0.355 e. The summed E-state index contributed by atoms with van der Waals surface area (Å²) < 4.78 is 20.7. The third-order valence-corrected chi connectivity index (χ3v) is 4.09. The van der Waals surface area contributed by atoms with Crippen LogP contribution in [0, 0.1) is 0 Å². The third kappa shape index (κ3) is 4.23. The highest BCUT2D eigenvalue weighted by atomic mass is 35.5. The first-order valence-corrected chi connectivity index (χ1v) is 8.46. The molecule has 1 aromatic rings. The predicted octanol–water partition coefficient (Wildman–Crippen LogP) is 3.17. The van der Waals surface area contributed by atoms with Crippen molar-refractivity contribution < 1.29 is 28.5 Å². The van der Waals surface area contributed by atoms with Gasteiger partial charge in [0.2, 0.25) is 0 Å². The Morgan fingerprint density at radius 3 is 2.35 bits per heavy atom. The number of hydrogen-bond donors (Lipinski definition) is 0. The minimum absolute atomic E-state index is 0.00896. The first-order valence-electron chi connectivity index (χ1n) is 7.70. The van der Waals surface area contributed by atoms with E-state index in [1.807, 2.05) is 13.8 Å². The number of nitrogens with zero attached hydrogens (tertiary/aromatic N) is 1. The molecule has 1 aliphatic rings. The van der Waals surface area contributed by atoms with Gasteiger partial charge in [-0.2, -0.15) is 0 Å². The zero-order valence-corrected chi connectivity index (χ0v) is 16.3. The Morgan fingerprint density at radius 1 is 1.12 bits per heavy atom. The number of methoxy groups -OCH3 is 2. The van der Waals surface area contributed by atoms with Gasteiger partial charge in [0.1, 0.15) is 18.2 Å². The summed E-state index contributed by atoms with van der Waals surface area (Å²) >= 11 is 12.5. The summed E-state index contributed by atoms with van der Waals surface area (Å²) in [7, 11) is 2.43. The third-order valence-electron chi connectivity index (χ3n) is 3.49. The van der Waals surface area contributed by atoms with Crippen molar-refractivity contribution in [3.8, 4) is 5.75 Å². The number of carbonyl (C=O) groups is 2. The normalized spacial score (nSPS) is 14.5. The molecule has 0 saturated carbocycles. The second kappa shape index (κ2) is 8.62. The molecular formula is C17H19Cl2NO6. The topological polar surface area (TPSA) is 74.3 Å². The molecule has 0 unspecified atom stereocenters. The van der Waals surface area contributed by atoms with Gasteiger partial charge in [0.15, 0.2) is 0 Å². The molecule has 0 aliphatic carbocycles. The zero-order valence-electron chi connectivity index (χ0n) is 14.8. The molecule has 1 aromatic carbocycles. The summed E-state index contributed by atoms with van der Waals surface area (Å²) in [5.74, 6) is -1.03. The van der Waals surface area contributed by atoms with Crippen molar-refractivity contribution in [2.45, 2.75) is 20.0 Å². The second-order valence-corrected chi connectivity index (χ2v) is 6.43. The van der Waals surface area contributed by atoms with E-state index >= 15 is 0 Å². The summed E-state index contributed by atoms with van der Waals surface area (Å²) in [5, 5.41) is 0.574. The van der Waals surface area contributed by atoms with Crippen LogP contribution in [0.2, 0.25) is 10.0 Å². The van der Waals surface area contributed by atoms with Crippen molar-refractivity contribution in [2.75, 3.05) is 32.5 Å². The van der Waals surface area contributed by atoms with Crippen LogP contribution in [0.3, 0.4) is 0 Å². The highest BCUT2D eigenvalue weighted by Gasteiger charge is 2.33. The van der Waals surface area contributed by atoms with Crippen molar-refractivity contribution in [3.05, 3.63) is 33.4 Å². The molecule has 0 aromatic heterocycles. The Labute approximate surface area is 161 Å². The SMILES string of the molecule is COC(=O)C1=C(C(=O)OC)N(c2cc(OC(C)C)c(Cl)cc2Cl)COC1. The van der Waals surface area contributed by atoms with E-state index < -0.39 is 11.9 Å². The fourth-order valence-corrected chi connectivity index (χ4v) is 2.93. The maximum atomic E-state index is 12.3. The quantitative estimate of drug-likeness (QED) is 0.698. The lowest BCUT2D eigenvalue weighted by Crippen LogP contribution is -2.39. The van der Waals surface area contributed by atoms with Crippen LogP contribution >= 0.6 is 23.2 Å². The van der Waals surface area contributed by atoms with E-state index in [0.717, 1.165) is 0 Å². The van der Waals surface area contributed by atoms with Crippen LogP contribution in [0.4, 0.5) is 5.69 Å². The molecule has 1 aliphatic heterocycles. The van der Waals surface area contributed by atoms with Crippen LogP contribution in [0.1, 0.15) is 13.8 Å². The van der Waals surface area contributed by atoms with Crippen LogP contribution in [0.15, 0.2) is 23.4 Å². The molecule has 26 heavy (non-hydrogen) atoms. The molecule has 0 amide bonds. The molecule has 0 fully saturated rings. The predicted molar refractivity (Wildman–Crippen MR) is 96.6 cm³/mol. The Balaban J connectivity index is 2.61. The van der Waals surface area contributed by atoms with Crippen LogP contribution in [-0.4, -0.2) is 45.6 Å². The Kier molecular flexibility index (Phi) is 6.75. The molecule has 0 radical (unpaired) electrons. The van der Waals surface area contributed by atoms with Crippen LogP contribution in [0.25, 0.3) is 0 Å². The molecule has 142 valence electrons. The van der Waals surface area contributed by atoms with Gasteiger partial charge in [-0.1, -0.05) is 23.2 Å². The number of ether oxygens (including phenoxy) is 4. The van der Waals surface area contributed by atoms with Crippen LogP contribution in [-0.2, 0) is 23.8 Å². The molecule has 1 heterocycles. The molecule has 0 N–H and O–H groups in total. The Morgan fingerprint density at radius 2 is 1.77 bits per heavy atom. The number of rotatable bonds is 5. The van der Waals surface area contributed by atoms with E-state index in [4.69, 9.17) is 42.1 Å². The van der Waals surface area contributed by atoms with Gasteiger partial charge in [0.25, 0.3) is 0 Å². The summed E-state index contributed by atoms with van der Waals surface area (Å²) in [4.78, 5) is 25.8. The Bertz CT molecular complexity index is 747. The van der Waals surface area contributed by atoms with Crippen LogP contribution < -0.4 is 9.64 Å². The number of hydrogen-bond acceptors (Lipinski definition) is 7. The van der Waals surface area contributed by atoms with Crippen molar-refractivity contribution in [2.24, 2.45) is 0 Å². The summed E-state index contributed by atoms with van der Waals surface area (Å²) in [6.07, 6.45) is -0.125. The summed E-state index contributed by atoms with van der Waals surface area (Å²) in [6, 6.07) is 3.08. The minimum Gasteiger partial charge on any atom is -0.489 e. The van der Waals surface area contributed by atoms with Gasteiger partial charge in [-0.05, 0) is 19.9 Å². The summed E-state index contributed by atoms with van der Waals surface area (Å²) in [5.41, 5.74) is 0.404. The molecule has 9 heteroatoms. The lowest BCUT2D eigenvalue weighted by Gasteiger charge is -2.32. The maximum absolute atomic E-state index is 12.3.